The van der Waals surface area contributed by atoms with Crippen LogP contribution in [-0.4, -0.2) is 17.4 Å². The number of carbonyl (C=O) groups is 1. The minimum absolute atomic E-state index is 0.0632. The number of carbonyl (C=O) groups excluding carboxylic acids is 1. The van der Waals surface area contributed by atoms with Crippen LogP contribution in [0.15, 0.2) is 0 Å². The van der Waals surface area contributed by atoms with Crippen LogP contribution in [0, 0.1) is 19.3 Å². The number of rotatable bonds is 2. The molecule has 3 nitrogen and oxygen atoms in total. The molecule has 0 aromatic carbocycles. The Labute approximate surface area is 94.9 Å². The molecule has 0 saturated carbocycles. The summed E-state index contributed by atoms with van der Waals surface area (Å²) < 4.78 is 0. The van der Waals surface area contributed by atoms with E-state index >= 15 is 0 Å². The van der Waals surface area contributed by atoms with Gasteiger partial charge in [0.25, 0.3) is 5.91 Å². The molecule has 0 aliphatic heterocycles. The van der Waals surface area contributed by atoms with E-state index in [4.69, 9.17) is 0 Å². The Hall–Kier alpha value is -0.900. The van der Waals surface area contributed by atoms with Gasteiger partial charge in [0.05, 0.1) is 5.01 Å². The molecule has 0 unspecified atom stereocenters. The number of hydrogen-bond donors (Lipinski definition) is 1. The summed E-state index contributed by atoms with van der Waals surface area (Å²) in [5.74, 6) is -0.0632. The Bertz CT molecular complexity index is 363. The second-order valence-electron chi connectivity index (χ2n) is 4.88. The van der Waals surface area contributed by atoms with Crippen molar-refractivity contribution in [3.8, 4) is 0 Å². The van der Waals surface area contributed by atoms with Crippen molar-refractivity contribution in [3.63, 3.8) is 0 Å². The van der Waals surface area contributed by atoms with Gasteiger partial charge in [-0.1, -0.05) is 20.8 Å². The number of nitrogens with zero attached hydrogens (tertiary/aromatic N) is 1. The fourth-order valence-corrected chi connectivity index (χ4v) is 1.98. The van der Waals surface area contributed by atoms with Crippen molar-refractivity contribution < 1.29 is 4.79 Å². The first-order chi connectivity index (χ1) is 6.79. The van der Waals surface area contributed by atoms with Gasteiger partial charge in [-0.15, -0.1) is 11.3 Å². The van der Waals surface area contributed by atoms with Crippen molar-refractivity contribution in [2.45, 2.75) is 34.6 Å². The second kappa shape index (κ2) is 4.31. The molecule has 84 valence electrons. The smallest absolute Gasteiger partial charge is 0.271 e. The minimum atomic E-state index is -0.0632. The van der Waals surface area contributed by atoms with Gasteiger partial charge in [-0.05, 0) is 19.3 Å². The zero-order valence-electron chi connectivity index (χ0n) is 9.97. The third-order valence-electron chi connectivity index (χ3n) is 1.90. The summed E-state index contributed by atoms with van der Waals surface area (Å²) in [6, 6.07) is 0. The fraction of sp³-hybridized carbons (Fsp3) is 0.636. The largest absolute Gasteiger partial charge is 0.350 e. The number of aryl methyl sites for hydroxylation is 2. The molecule has 1 amide bonds. The maximum Gasteiger partial charge on any atom is 0.271 e. The first-order valence-corrected chi connectivity index (χ1v) is 5.83. The third kappa shape index (κ3) is 3.63. The molecule has 0 bridgehead atoms. The quantitative estimate of drug-likeness (QED) is 0.842. The third-order valence-corrected chi connectivity index (χ3v) is 2.78. The van der Waals surface area contributed by atoms with Crippen molar-refractivity contribution in [3.05, 3.63) is 15.6 Å². The number of aromatic nitrogens is 1. The van der Waals surface area contributed by atoms with E-state index in [2.05, 4.69) is 31.1 Å². The molecule has 0 atom stereocenters. The average molecular weight is 226 g/mol. The lowest BCUT2D eigenvalue weighted by molar-refractivity contribution is 0.0934. The Balaban J connectivity index is 2.66. The second-order valence-corrected chi connectivity index (χ2v) is 6.29. The molecule has 1 heterocycles. The van der Waals surface area contributed by atoms with E-state index < -0.39 is 0 Å². The van der Waals surface area contributed by atoms with Crippen LogP contribution in [0.3, 0.4) is 0 Å². The highest BCUT2D eigenvalue weighted by atomic mass is 32.1. The van der Waals surface area contributed by atoms with E-state index in [-0.39, 0.29) is 11.3 Å². The molecule has 1 N–H and O–H groups in total. The van der Waals surface area contributed by atoms with Crippen LogP contribution in [0.1, 0.15) is 41.1 Å². The molecule has 0 saturated heterocycles. The maximum absolute atomic E-state index is 11.8. The van der Waals surface area contributed by atoms with Crippen molar-refractivity contribution in [2.75, 3.05) is 6.54 Å². The molecule has 1 aromatic heterocycles. The highest BCUT2D eigenvalue weighted by Gasteiger charge is 2.16. The van der Waals surface area contributed by atoms with Crippen LogP contribution < -0.4 is 5.32 Å². The zero-order valence-corrected chi connectivity index (χ0v) is 10.8. The highest BCUT2D eigenvalue weighted by molar-refractivity contribution is 7.11. The summed E-state index contributed by atoms with van der Waals surface area (Å²) in [7, 11) is 0. The van der Waals surface area contributed by atoms with Gasteiger partial charge >= 0.3 is 0 Å². The first kappa shape index (κ1) is 12.2. The van der Waals surface area contributed by atoms with Gasteiger partial charge in [-0.3, -0.25) is 4.79 Å². The van der Waals surface area contributed by atoms with Crippen LogP contribution in [0.4, 0.5) is 0 Å². The maximum atomic E-state index is 11.8. The zero-order chi connectivity index (χ0) is 11.6. The number of amides is 1. The monoisotopic (exact) mass is 226 g/mol. The van der Waals surface area contributed by atoms with E-state index in [1.807, 2.05) is 13.8 Å². The predicted octanol–water partition coefficient (Wildman–Crippen LogP) is 2.54. The van der Waals surface area contributed by atoms with Crippen molar-refractivity contribution in [2.24, 2.45) is 5.41 Å². The summed E-state index contributed by atoms with van der Waals surface area (Å²) in [6.45, 7) is 10.8. The molecule has 1 aromatic rings. The number of hydrogen-bond acceptors (Lipinski definition) is 3. The molecular formula is C11H18N2OS. The van der Waals surface area contributed by atoms with Gasteiger partial charge in [0.1, 0.15) is 5.69 Å². The van der Waals surface area contributed by atoms with Crippen LogP contribution in [0.5, 0.6) is 0 Å². The highest BCUT2D eigenvalue weighted by Crippen LogP contribution is 2.17. The van der Waals surface area contributed by atoms with Gasteiger partial charge in [-0.2, -0.15) is 0 Å². The lowest BCUT2D eigenvalue weighted by Gasteiger charge is -2.18. The fourth-order valence-electron chi connectivity index (χ4n) is 1.17. The summed E-state index contributed by atoms with van der Waals surface area (Å²) in [5, 5.41) is 3.84. The molecule has 0 aliphatic carbocycles. The summed E-state index contributed by atoms with van der Waals surface area (Å²) in [5.41, 5.74) is 0.677. The van der Waals surface area contributed by atoms with Crippen LogP contribution in [-0.2, 0) is 0 Å². The normalized spacial score (nSPS) is 11.5. The molecule has 0 aliphatic rings. The van der Waals surface area contributed by atoms with Gasteiger partial charge in [0, 0.05) is 11.4 Å². The summed E-state index contributed by atoms with van der Waals surface area (Å²) in [4.78, 5) is 17.0. The first-order valence-electron chi connectivity index (χ1n) is 5.02. The van der Waals surface area contributed by atoms with Crippen LogP contribution in [0.25, 0.3) is 0 Å². The van der Waals surface area contributed by atoms with Crippen molar-refractivity contribution >= 4 is 17.2 Å². The molecular weight excluding hydrogens is 208 g/mol. The van der Waals surface area contributed by atoms with Crippen molar-refractivity contribution in [1.29, 1.82) is 0 Å². The summed E-state index contributed by atoms with van der Waals surface area (Å²) >= 11 is 1.56. The van der Waals surface area contributed by atoms with Crippen LogP contribution >= 0.6 is 11.3 Å². The molecule has 1 rings (SSSR count). The minimum Gasteiger partial charge on any atom is -0.350 e. The Kier molecular flexibility index (Phi) is 3.50. The molecule has 0 radical (unpaired) electrons. The van der Waals surface area contributed by atoms with E-state index in [1.165, 1.54) is 0 Å². The number of thiazole rings is 1. The summed E-state index contributed by atoms with van der Waals surface area (Å²) in [6.07, 6.45) is 0. The Morgan fingerprint density at radius 1 is 1.40 bits per heavy atom. The van der Waals surface area contributed by atoms with Gasteiger partial charge in [0.2, 0.25) is 0 Å². The standard InChI is InChI=1S/C11H18N2OS/c1-7-9(13-8(2)15-7)10(14)12-6-11(3,4)5/h6H2,1-5H3,(H,12,14). The van der Waals surface area contributed by atoms with Gasteiger partial charge in [-0.25, -0.2) is 4.98 Å². The van der Waals surface area contributed by atoms with E-state index in [0.717, 1.165) is 9.88 Å². The van der Waals surface area contributed by atoms with Gasteiger partial charge in [0.15, 0.2) is 0 Å². The number of nitrogens with one attached hydrogen (secondary N) is 1. The lowest BCUT2D eigenvalue weighted by Crippen LogP contribution is -2.32. The van der Waals surface area contributed by atoms with E-state index in [9.17, 15) is 4.79 Å². The Morgan fingerprint density at radius 3 is 2.40 bits per heavy atom. The topological polar surface area (TPSA) is 42.0 Å². The molecule has 15 heavy (non-hydrogen) atoms. The molecule has 0 spiro atoms. The predicted molar refractivity (Wildman–Crippen MR) is 63.4 cm³/mol. The Morgan fingerprint density at radius 2 is 2.00 bits per heavy atom. The van der Waals surface area contributed by atoms with E-state index in [0.29, 0.717) is 12.2 Å². The lowest BCUT2D eigenvalue weighted by atomic mass is 9.97. The SMILES string of the molecule is Cc1nc(C(=O)NCC(C)(C)C)c(C)s1. The average Bonchev–Trinajstić information content (AvgIpc) is 2.40. The van der Waals surface area contributed by atoms with E-state index in [1.54, 1.807) is 11.3 Å². The molecule has 4 heteroatoms. The van der Waals surface area contributed by atoms with Crippen molar-refractivity contribution in [1.82, 2.24) is 10.3 Å². The van der Waals surface area contributed by atoms with Crippen LogP contribution in [0.2, 0.25) is 0 Å². The van der Waals surface area contributed by atoms with Gasteiger partial charge < -0.3 is 5.32 Å². The molecule has 0 fully saturated rings.